The molecule has 60 valence electrons. The molecule has 0 aromatic carbocycles. The predicted octanol–water partition coefficient (Wildman–Crippen LogP) is 1.89. The standard InChI is InChI=1S/C9H19N/c1-7(2)9(4)6-10-5-8(9)3/h7-8,10H,5-6H2,1-4H3/t8-,9?/m0/s1. The monoisotopic (exact) mass is 141 g/mol. The molecule has 1 aliphatic heterocycles. The van der Waals surface area contributed by atoms with Crippen LogP contribution < -0.4 is 5.32 Å². The fourth-order valence-corrected chi connectivity index (χ4v) is 1.74. The highest BCUT2D eigenvalue weighted by molar-refractivity contribution is 4.91. The minimum atomic E-state index is 0.542. The molecule has 1 heterocycles. The van der Waals surface area contributed by atoms with Crippen molar-refractivity contribution in [3.05, 3.63) is 0 Å². The lowest BCUT2D eigenvalue weighted by Crippen LogP contribution is -2.30. The van der Waals surface area contributed by atoms with Crippen LogP contribution in [0.25, 0.3) is 0 Å². The van der Waals surface area contributed by atoms with Gasteiger partial charge >= 0.3 is 0 Å². The summed E-state index contributed by atoms with van der Waals surface area (Å²) in [6, 6.07) is 0. The van der Waals surface area contributed by atoms with Gasteiger partial charge in [0.25, 0.3) is 0 Å². The molecule has 0 saturated carbocycles. The number of nitrogens with one attached hydrogen (secondary N) is 1. The molecular formula is C9H19N. The quantitative estimate of drug-likeness (QED) is 0.588. The van der Waals surface area contributed by atoms with Crippen molar-refractivity contribution in [1.29, 1.82) is 0 Å². The van der Waals surface area contributed by atoms with E-state index < -0.39 is 0 Å². The van der Waals surface area contributed by atoms with Gasteiger partial charge in [0, 0.05) is 6.54 Å². The molecule has 1 fully saturated rings. The largest absolute Gasteiger partial charge is 0.316 e. The number of hydrogen-bond donors (Lipinski definition) is 1. The van der Waals surface area contributed by atoms with E-state index in [2.05, 4.69) is 33.0 Å². The molecule has 1 N–H and O–H groups in total. The van der Waals surface area contributed by atoms with E-state index in [1.807, 2.05) is 0 Å². The van der Waals surface area contributed by atoms with Crippen LogP contribution >= 0.6 is 0 Å². The van der Waals surface area contributed by atoms with Gasteiger partial charge in [-0.2, -0.15) is 0 Å². The third-order valence-corrected chi connectivity index (χ3v) is 3.40. The average molecular weight is 141 g/mol. The fraction of sp³-hybridized carbons (Fsp3) is 1.00. The van der Waals surface area contributed by atoms with E-state index in [1.54, 1.807) is 0 Å². The van der Waals surface area contributed by atoms with Crippen molar-refractivity contribution in [3.8, 4) is 0 Å². The topological polar surface area (TPSA) is 12.0 Å². The summed E-state index contributed by atoms with van der Waals surface area (Å²) in [6.45, 7) is 11.8. The molecule has 1 rings (SSSR count). The van der Waals surface area contributed by atoms with Crippen LogP contribution in [0.5, 0.6) is 0 Å². The van der Waals surface area contributed by atoms with Crippen LogP contribution in [0.2, 0.25) is 0 Å². The summed E-state index contributed by atoms with van der Waals surface area (Å²) in [5.41, 5.74) is 0.542. The molecular weight excluding hydrogens is 122 g/mol. The second-order valence-corrected chi connectivity index (χ2v) is 4.19. The van der Waals surface area contributed by atoms with Gasteiger partial charge in [0.1, 0.15) is 0 Å². The molecule has 0 amide bonds. The van der Waals surface area contributed by atoms with E-state index >= 15 is 0 Å². The molecule has 0 bridgehead atoms. The Morgan fingerprint density at radius 3 is 2.30 bits per heavy atom. The van der Waals surface area contributed by atoms with Crippen LogP contribution in [0.15, 0.2) is 0 Å². The molecule has 10 heavy (non-hydrogen) atoms. The Balaban J connectivity index is 2.66. The minimum absolute atomic E-state index is 0.542. The summed E-state index contributed by atoms with van der Waals surface area (Å²) in [5, 5.41) is 3.44. The van der Waals surface area contributed by atoms with Crippen molar-refractivity contribution < 1.29 is 0 Å². The van der Waals surface area contributed by atoms with Gasteiger partial charge in [-0.25, -0.2) is 0 Å². The van der Waals surface area contributed by atoms with E-state index in [0.29, 0.717) is 5.41 Å². The Morgan fingerprint density at radius 2 is 2.10 bits per heavy atom. The highest BCUT2D eigenvalue weighted by atomic mass is 14.9. The lowest BCUT2D eigenvalue weighted by Gasteiger charge is -2.32. The predicted molar refractivity (Wildman–Crippen MR) is 45.0 cm³/mol. The molecule has 0 aliphatic carbocycles. The first-order valence-electron chi connectivity index (χ1n) is 4.28. The maximum absolute atomic E-state index is 3.44. The van der Waals surface area contributed by atoms with Gasteiger partial charge in [0.2, 0.25) is 0 Å². The molecule has 1 unspecified atom stereocenters. The first-order chi connectivity index (χ1) is 4.57. The zero-order chi connectivity index (χ0) is 7.78. The molecule has 0 radical (unpaired) electrons. The Labute approximate surface area is 64.2 Å². The second-order valence-electron chi connectivity index (χ2n) is 4.19. The minimum Gasteiger partial charge on any atom is -0.316 e. The Hall–Kier alpha value is -0.0400. The van der Waals surface area contributed by atoms with Crippen LogP contribution in [0.3, 0.4) is 0 Å². The van der Waals surface area contributed by atoms with E-state index in [0.717, 1.165) is 11.8 Å². The lowest BCUT2D eigenvalue weighted by atomic mass is 9.72. The van der Waals surface area contributed by atoms with Crippen LogP contribution in [0, 0.1) is 17.3 Å². The fourth-order valence-electron chi connectivity index (χ4n) is 1.74. The van der Waals surface area contributed by atoms with Crippen molar-refractivity contribution in [2.24, 2.45) is 17.3 Å². The van der Waals surface area contributed by atoms with Gasteiger partial charge in [-0.15, -0.1) is 0 Å². The van der Waals surface area contributed by atoms with Crippen molar-refractivity contribution in [2.45, 2.75) is 27.7 Å². The molecule has 0 aromatic rings. The van der Waals surface area contributed by atoms with Gasteiger partial charge in [-0.3, -0.25) is 0 Å². The summed E-state index contributed by atoms with van der Waals surface area (Å²) in [4.78, 5) is 0. The zero-order valence-electron chi connectivity index (χ0n) is 7.57. The van der Waals surface area contributed by atoms with Crippen molar-refractivity contribution in [3.63, 3.8) is 0 Å². The number of rotatable bonds is 1. The Morgan fingerprint density at radius 1 is 1.50 bits per heavy atom. The van der Waals surface area contributed by atoms with Crippen LogP contribution in [-0.4, -0.2) is 13.1 Å². The van der Waals surface area contributed by atoms with Crippen LogP contribution in [0.4, 0.5) is 0 Å². The van der Waals surface area contributed by atoms with Crippen molar-refractivity contribution >= 4 is 0 Å². The summed E-state index contributed by atoms with van der Waals surface area (Å²) in [5.74, 6) is 1.64. The second kappa shape index (κ2) is 2.54. The van der Waals surface area contributed by atoms with Crippen LogP contribution in [0.1, 0.15) is 27.7 Å². The van der Waals surface area contributed by atoms with Crippen molar-refractivity contribution in [2.75, 3.05) is 13.1 Å². The smallest absolute Gasteiger partial charge is 0.00108 e. The SMILES string of the molecule is CC(C)C1(C)CNC[C@@H]1C. The van der Waals surface area contributed by atoms with Gasteiger partial charge in [0.15, 0.2) is 0 Å². The zero-order valence-corrected chi connectivity index (χ0v) is 7.57. The Bertz CT molecular complexity index is 120. The lowest BCUT2D eigenvalue weighted by molar-refractivity contribution is 0.183. The maximum Gasteiger partial charge on any atom is 0.00108 e. The van der Waals surface area contributed by atoms with E-state index in [4.69, 9.17) is 0 Å². The highest BCUT2D eigenvalue weighted by Gasteiger charge is 2.37. The van der Waals surface area contributed by atoms with Gasteiger partial charge in [-0.1, -0.05) is 27.7 Å². The van der Waals surface area contributed by atoms with E-state index in [1.165, 1.54) is 13.1 Å². The molecule has 1 saturated heterocycles. The highest BCUT2D eigenvalue weighted by Crippen LogP contribution is 2.37. The molecule has 0 aromatic heterocycles. The molecule has 2 atom stereocenters. The Kier molecular flexibility index (Phi) is 2.04. The summed E-state index contributed by atoms with van der Waals surface area (Å²) < 4.78 is 0. The third kappa shape index (κ3) is 1.07. The average Bonchev–Trinajstić information content (AvgIpc) is 2.15. The molecule has 0 spiro atoms. The summed E-state index contributed by atoms with van der Waals surface area (Å²) in [7, 11) is 0. The molecule has 1 heteroatoms. The first-order valence-corrected chi connectivity index (χ1v) is 4.28. The maximum atomic E-state index is 3.44. The van der Waals surface area contributed by atoms with Gasteiger partial charge < -0.3 is 5.32 Å². The summed E-state index contributed by atoms with van der Waals surface area (Å²) in [6.07, 6.45) is 0. The summed E-state index contributed by atoms with van der Waals surface area (Å²) >= 11 is 0. The molecule has 1 nitrogen and oxygen atoms in total. The van der Waals surface area contributed by atoms with Gasteiger partial charge in [-0.05, 0) is 23.8 Å². The van der Waals surface area contributed by atoms with Crippen LogP contribution in [-0.2, 0) is 0 Å². The first kappa shape index (κ1) is 8.06. The van der Waals surface area contributed by atoms with E-state index in [-0.39, 0.29) is 0 Å². The third-order valence-electron chi connectivity index (χ3n) is 3.40. The van der Waals surface area contributed by atoms with E-state index in [9.17, 15) is 0 Å². The number of hydrogen-bond acceptors (Lipinski definition) is 1. The van der Waals surface area contributed by atoms with Crippen molar-refractivity contribution in [1.82, 2.24) is 5.32 Å². The molecule has 1 aliphatic rings. The normalized spacial score (nSPS) is 41.1. The van der Waals surface area contributed by atoms with Gasteiger partial charge in [0.05, 0.1) is 0 Å².